The molecule has 5 nitrogen and oxygen atoms in total. The molecule has 2 amide bonds. The highest BCUT2D eigenvalue weighted by atomic mass is 16.3. The van der Waals surface area contributed by atoms with Crippen molar-refractivity contribution >= 4 is 11.8 Å². The molecule has 0 unspecified atom stereocenters. The van der Waals surface area contributed by atoms with E-state index in [4.69, 9.17) is 5.11 Å². The van der Waals surface area contributed by atoms with Gasteiger partial charge in [0.05, 0.1) is 0 Å². The average Bonchev–Trinajstić information content (AvgIpc) is 2.48. The molecule has 0 aromatic heterocycles. The van der Waals surface area contributed by atoms with E-state index in [-0.39, 0.29) is 30.9 Å². The van der Waals surface area contributed by atoms with Gasteiger partial charge in [0, 0.05) is 37.7 Å². The van der Waals surface area contributed by atoms with Crippen LogP contribution in [0, 0.1) is 0 Å². The number of carbonyl (C=O) groups is 2. The van der Waals surface area contributed by atoms with Gasteiger partial charge in [0.1, 0.15) is 0 Å². The van der Waals surface area contributed by atoms with E-state index in [1.54, 1.807) is 29.2 Å². The number of carbonyl (C=O) groups excluding carboxylic acids is 2. The summed E-state index contributed by atoms with van der Waals surface area (Å²) < 4.78 is 0. The molecule has 1 aromatic carbocycles. The van der Waals surface area contributed by atoms with Crippen LogP contribution in [0.2, 0.25) is 0 Å². The van der Waals surface area contributed by atoms with Crippen molar-refractivity contribution in [1.29, 1.82) is 0 Å². The summed E-state index contributed by atoms with van der Waals surface area (Å²) in [5, 5.41) is 11.6. The lowest BCUT2D eigenvalue weighted by molar-refractivity contribution is -0.132. The molecule has 0 fully saturated rings. The van der Waals surface area contributed by atoms with E-state index in [0.717, 1.165) is 0 Å². The molecule has 0 radical (unpaired) electrons. The minimum absolute atomic E-state index is 0.00758. The highest BCUT2D eigenvalue weighted by Crippen LogP contribution is 2.03. The fourth-order valence-electron chi connectivity index (χ4n) is 2.03. The highest BCUT2D eigenvalue weighted by molar-refractivity contribution is 5.94. The second-order valence-electron chi connectivity index (χ2n) is 5.13. The monoisotopic (exact) mass is 292 g/mol. The minimum atomic E-state index is -0.171. The van der Waals surface area contributed by atoms with Crippen LogP contribution in [0.15, 0.2) is 30.3 Å². The van der Waals surface area contributed by atoms with Crippen LogP contribution in [0.3, 0.4) is 0 Å². The van der Waals surface area contributed by atoms with Crippen LogP contribution in [0.1, 0.15) is 37.0 Å². The Labute approximate surface area is 126 Å². The lowest BCUT2D eigenvalue weighted by atomic mass is 10.2. The number of nitrogens with zero attached hydrogens (tertiary/aromatic N) is 1. The van der Waals surface area contributed by atoms with E-state index < -0.39 is 0 Å². The molecular formula is C16H24N2O3. The number of rotatable bonds is 8. The Kier molecular flexibility index (Phi) is 7.46. The third-order valence-corrected chi connectivity index (χ3v) is 3.16. The molecule has 0 aliphatic rings. The standard InChI is InChI=1S/C16H24N2O3/c1-13(2)18(11-6-12-19)15(20)9-10-17-16(21)14-7-4-3-5-8-14/h3-5,7-8,13,19H,6,9-12H2,1-2H3,(H,17,21). The van der Waals surface area contributed by atoms with Gasteiger partial charge >= 0.3 is 0 Å². The van der Waals surface area contributed by atoms with Crippen molar-refractivity contribution in [2.75, 3.05) is 19.7 Å². The van der Waals surface area contributed by atoms with Crippen LogP contribution in [0.5, 0.6) is 0 Å². The van der Waals surface area contributed by atoms with Crippen LogP contribution in [-0.4, -0.2) is 47.6 Å². The van der Waals surface area contributed by atoms with Crippen LogP contribution in [0.4, 0.5) is 0 Å². The second-order valence-corrected chi connectivity index (χ2v) is 5.13. The van der Waals surface area contributed by atoms with Gasteiger partial charge in [0.2, 0.25) is 5.91 Å². The third kappa shape index (κ3) is 5.95. The number of aliphatic hydroxyl groups excluding tert-OH is 1. The molecule has 1 rings (SSSR count). The Hall–Kier alpha value is -1.88. The zero-order chi connectivity index (χ0) is 15.7. The maximum absolute atomic E-state index is 12.1. The van der Waals surface area contributed by atoms with Crippen molar-refractivity contribution in [3.8, 4) is 0 Å². The van der Waals surface area contributed by atoms with E-state index in [1.807, 2.05) is 19.9 Å². The maximum atomic E-state index is 12.1. The third-order valence-electron chi connectivity index (χ3n) is 3.16. The number of hydrogen-bond donors (Lipinski definition) is 2. The number of aliphatic hydroxyl groups is 1. The summed E-state index contributed by atoms with van der Waals surface area (Å²) in [4.78, 5) is 25.7. The van der Waals surface area contributed by atoms with Gasteiger partial charge in [0.25, 0.3) is 5.91 Å². The zero-order valence-electron chi connectivity index (χ0n) is 12.7. The first kappa shape index (κ1) is 17.2. The summed E-state index contributed by atoms with van der Waals surface area (Å²) in [5.41, 5.74) is 0.589. The molecular weight excluding hydrogens is 268 g/mol. The molecule has 0 heterocycles. The van der Waals surface area contributed by atoms with Gasteiger partial charge in [-0.3, -0.25) is 9.59 Å². The van der Waals surface area contributed by atoms with Gasteiger partial charge in [-0.1, -0.05) is 18.2 Å². The minimum Gasteiger partial charge on any atom is -0.396 e. The zero-order valence-corrected chi connectivity index (χ0v) is 12.7. The predicted molar refractivity (Wildman–Crippen MR) is 81.9 cm³/mol. The van der Waals surface area contributed by atoms with E-state index in [1.165, 1.54) is 0 Å². The molecule has 1 aromatic rings. The van der Waals surface area contributed by atoms with E-state index >= 15 is 0 Å². The molecule has 0 saturated heterocycles. The van der Waals surface area contributed by atoms with Gasteiger partial charge in [0.15, 0.2) is 0 Å². The molecule has 0 saturated carbocycles. The summed E-state index contributed by atoms with van der Waals surface area (Å²) in [6.45, 7) is 4.81. The van der Waals surface area contributed by atoms with Crippen molar-refractivity contribution in [3.63, 3.8) is 0 Å². The van der Waals surface area contributed by atoms with Gasteiger partial charge < -0.3 is 15.3 Å². The van der Waals surface area contributed by atoms with Gasteiger partial charge in [-0.05, 0) is 32.4 Å². The molecule has 116 valence electrons. The Balaban J connectivity index is 2.39. The Morgan fingerprint density at radius 2 is 1.90 bits per heavy atom. The molecule has 21 heavy (non-hydrogen) atoms. The number of hydrogen-bond acceptors (Lipinski definition) is 3. The van der Waals surface area contributed by atoms with Crippen molar-refractivity contribution in [2.24, 2.45) is 0 Å². The number of nitrogens with one attached hydrogen (secondary N) is 1. The fourth-order valence-corrected chi connectivity index (χ4v) is 2.03. The van der Waals surface area contributed by atoms with E-state index in [2.05, 4.69) is 5.32 Å². The second kappa shape index (κ2) is 9.13. The van der Waals surface area contributed by atoms with Gasteiger partial charge in [-0.2, -0.15) is 0 Å². The van der Waals surface area contributed by atoms with Crippen LogP contribution < -0.4 is 5.32 Å². The van der Waals surface area contributed by atoms with Gasteiger partial charge in [-0.15, -0.1) is 0 Å². The van der Waals surface area contributed by atoms with Crippen molar-refractivity contribution in [1.82, 2.24) is 10.2 Å². The molecule has 0 aliphatic carbocycles. The Bertz CT molecular complexity index is 446. The topological polar surface area (TPSA) is 69.6 Å². The number of amides is 2. The fraction of sp³-hybridized carbons (Fsp3) is 0.500. The van der Waals surface area contributed by atoms with E-state index in [9.17, 15) is 9.59 Å². The molecule has 0 aliphatic heterocycles. The lowest BCUT2D eigenvalue weighted by Crippen LogP contribution is -2.39. The molecule has 0 bridgehead atoms. The maximum Gasteiger partial charge on any atom is 0.251 e. The summed E-state index contributed by atoms with van der Waals surface area (Å²) in [5.74, 6) is -0.179. The van der Waals surface area contributed by atoms with Crippen molar-refractivity contribution in [2.45, 2.75) is 32.7 Å². The normalized spacial score (nSPS) is 10.5. The van der Waals surface area contributed by atoms with Gasteiger partial charge in [-0.25, -0.2) is 0 Å². The summed E-state index contributed by atoms with van der Waals surface area (Å²) in [6.07, 6.45) is 0.836. The predicted octanol–water partition coefficient (Wildman–Crippen LogP) is 1.43. The smallest absolute Gasteiger partial charge is 0.251 e. The van der Waals surface area contributed by atoms with Crippen LogP contribution in [0.25, 0.3) is 0 Å². The Morgan fingerprint density at radius 3 is 2.48 bits per heavy atom. The molecule has 2 N–H and O–H groups in total. The SMILES string of the molecule is CC(C)N(CCCO)C(=O)CCNC(=O)c1ccccc1. The first-order valence-corrected chi connectivity index (χ1v) is 7.30. The molecule has 5 heteroatoms. The largest absolute Gasteiger partial charge is 0.396 e. The van der Waals surface area contributed by atoms with Crippen molar-refractivity contribution < 1.29 is 14.7 Å². The highest BCUT2D eigenvalue weighted by Gasteiger charge is 2.16. The molecule has 0 spiro atoms. The van der Waals surface area contributed by atoms with Crippen LogP contribution in [-0.2, 0) is 4.79 Å². The summed E-state index contributed by atoms with van der Waals surface area (Å²) >= 11 is 0. The molecule has 0 atom stereocenters. The quantitative estimate of drug-likeness (QED) is 0.761. The van der Waals surface area contributed by atoms with Crippen molar-refractivity contribution in [3.05, 3.63) is 35.9 Å². The van der Waals surface area contributed by atoms with E-state index in [0.29, 0.717) is 25.1 Å². The number of benzene rings is 1. The first-order chi connectivity index (χ1) is 10.1. The summed E-state index contributed by atoms with van der Waals surface area (Å²) in [7, 11) is 0. The van der Waals surface area contributed by atoms with Crippen LogP contribution >= 0.6 is 0 Å². The lowest BCUT2D eigenvalue weighted by Gasteiger charge is -2.26. The Morgan fingerprint density at radius 1 is 1.24 bits per heavy atom. The average molecular weight is 292 g/mol. The summed E-state index contributed by atoms with van der Waals surface area (Å²) in [6, 6.07) is 9.01. The first-order valence-electron chi connectivity index (χ1n) is 7.30.